The van der Waals surface area contributed by atoms with Gasteiger partial charge in [-0.25, -0.2) is 8.78 Å². The molecule has 3 heteroatoms. The van der Waals surface area contributed by atoms with Gasteiger partial charge in [0.05, 0.1) is 10.8 Å². The SMILES string of the molecule is C=Cc1ccc(C2(c3cccc(F)c3)c3ccccc3-c3ccc(N(c4ccc(-c5cccc(-c6ccccc6)c5)cc4)c4ccc5c(c4)C(c4ccc(C=C)cc4)(c4cccc(F)c4)c4ccccc4-5)cc32)cc1. The van der Waals surface area contributed by atoms with Crippen LogP contribution in [0.3, 0.4) is 0 Å². The standard InChI is InChI=1S/C72H49F2N/c1-3-48-27-33-54(34-28-48)71(56-19-13-21-58(73)44-56)67-25-10-8-23-63(67)65-41-39-61(46-69(65)71)75(60-37-31-51(32-38-60)53-18-12-17-52(43-53)50-15-6-5-7-16-50)62-40-42-66-64-24-9-11-26-68(64)72(70(66)47-62,57-20-14-22-59(74)45-57)55-35-29-49(4-2)30-36-55/h3-47H,1-2H2. The summed E-state index contributed by atoms with van der Waals surface area (Å²) in [5.74, 6) is -0.597. The fourth-order valence-corrected chi connectivity index (χ4v) is 12.3. The molecule has 13 rings (SSSR count). The summed E-state index contributed by atoms with van der Waals surface area (Å²) >= 11 is 0. The van der Waals surface area contributed by atoms with Crippen molar-refractivity contribution in [2.24, 2.45) is 0 Å². The molecule has 0 saturated carbocycles. The third-order valence-electron chi connectivity index (χ3n) is 15.7. The van der Waals surface area contributed by atoms with Gasteiger partial charge >= 0.3 is 0 Å². The van der Waals surface area contributed by atoms with Gasteiger partial charge in [0.2, 0.25) is 0 Å². The summed E-state index contributed by atoms with van der Waals surface area (Å²) in [6.45, 7) is 8.11. The lowest BCUT2D eigenvalue weighted by Crippen LogP contribution is -2.29. The molecule has 0 aromatic heterocycles. The van der Waals surface area contributed by atoms with Crippen molar-refractivity contribution >= 4 is 29.2 Å². The largest absolute Gasteiger partial charge is 0.310 e. The molecule has 2 aliphatic rings. The van der Waals surface area contributed by atoms with Crippen molar-refractivity contribution in [2.45, 2.75) is 10.8 Å². The quantitative estimate of drug-likeness (QED) is 0.125. The molecule has 2 unspecified atom stereocenters. The summed E-state index contributed by atoms with van der Waals surface area (Å²) in [5, 5.41) is 0. The molecule has 11 aromatic carbocycles. The lowest BCUT2D eigenvalue weighted by molar-refractivity contribution is 0.620. The number of halogens is 2. The average Bonchev–Trinajstić information content (AvgIpc) is 3.94. The first-order valence-corrected chi connectivity index (χ1v) is 25.4. The molecule has 75 heavy (non-hydrogen) atoms. The Morgan fingerprint density at radius 1 is 0.293 bits per heavy atom. The minimum absolute atomic E-state index is 0.298. The van der Waals surface area contributed by atoms with Crippen LogP contribution in [0.1, 0.15) is 55.6 Å². The van der Waals surface area contributed by atoms with Crippen LogP contribution in [0.4, 0.5) is 25.8 Å². The van der Waals surface area contributed by atoms with Crippen LogP contribution in [0.15, 0.2) is 274 Å². The van der Waals surface area contributed by atoms with E-state index in [1.54, 1.807) is 12.1 Å². The fraction of sp³-hybridized carbons (Fsp3) is 0.0278. The highest BCUT2D eigenvalue weighted by Gasteiger charge is 2.48. The Kier molecular flexibility index (Phi) is 11.1. The number of benzene rings is 11. The van der Waals surface area contributed by atoms with Gasteiger partial charge < -0.3 is 4.90 Å². The second-order valence-electron chi connectivity index (χ2n) is 19.6. The number of hydrogen-bond donors (Lipinski definition) is 0. The molecular weight excluding hydrogens is 917 g/mol. The number of anilines is 3. The Bertz CT molecular complexity index is 3810. The monoisotopic (exact) mass is 965 g/mol. The maximum absolute atomic E-state index is 15.8. The van der Waals surface area contributed by atoms with Crippen LogP contribution < -0.4 is 4.90 Å². The minimum atomic E-state index is -0.882. The van der Waals surface area contributed by atoms with E-state index < -0.39 is 10.8 Å². The van der Waals surface area contributed by atoms with E-state index in [-0.39, 0.29) is 11.6 Å². The predicted octanol–water partition coefficient (Wildman–Crippen LogP) is 18.8. The van der Waals surface area contributed by atoms with Crippen LogP contribution in [0, 0.1) is 11.6 Å². The molecule has 11 aromatic rings. The summed E-state index contributed by atoms with van der Waals surface area (Å²) < 4.78 is 31.6. The Morgan fingerprint density at radius 2 is 0.693 bits per heavy atom. The summed E-state index contributed by atoms with van der Waals surface area (Å²) in [4.78, 5) is 2.34. The van der Waals surface area contributed by atoms with Crippen molar-refractivity contribution < 1.29 is 8.78 Å². The normalized spacial score (nSPS) is 15.8. The second-order valence-corrected chi connectivity index (χ2v) is 19.6. The van der Waals surface area contributed by atoms with Crippen LogP contribution in [0.2, 0.25) is 0 Å². The van der Waals surface area contributed by atoms with E-state index in [9.17, 15) is 0 Å². The van der Waals surface area contributed by atoms with Crippen LogP contribution in [-0.2, 0) is 10.8 Å². The predicted molar refractivity (Wildman–Crippen MR) is 307 cm³/mol. The van der Waals surface area contributed by atoms with Crippen LogP contribution >= 0.6 is 0 Å². The highest BCUT2D eigenvalue weighted by Crippen LogP contribution is 2.60. The first-order chi connectivity index (χ1) is 36.9. The first-order valence-electron chi connectivity index (χ1n) is 25.4. The molecule has 0 heterocycles. The zero-order chi connectivity index (χ0) is 50.7. The van der Waals surface area contributed by atoms with Crippen molar-refractivity contribution in [3.05, 3.63) is 341 Å². The van der Waals surface area contributed by atoms with Gasteiger partial charge in [0.25, 0.3) is 0 Å². The summed E-state index contributed by atoms with van der Waals surface area (Å²) in [7, 11) is 0. The molecule has 356 valence electrons. The van der Waals surface area contributed by atoms with Gasteiger partial charge in [0.15, 0.2) is 0 Å². The highest BCUT2D eigenvalue weighted by atomic mass is 19.1. The van der Waals surface area contributed by atoms with Gasteiger partial charge in [-0.3, -0.25) is 0 Å². The Hall–Kier alpha value is -9.44. The summed E-state index contributed by atoms with van der Waals surface area (Å²) in [6, 6.07) is 89.8. The molecule has 2 aliphatic carbocycles. The topological polar surface area (TPSA) is 3.24 Å². The molecule has 0 saturated heterocycles. The molecule has 0 radical (unpaired) electrons. The average molecular weight is 966 g/mol. The van der Waals surface area contributed by atoms with Crippen LogP contribution in [-0.4, -0.2) is 0 Å². The molecular formula is C72H49F2N. The molecule has 0 bridgehead atoms. The third-order valence-corrected chi connectivity index (χ3v) is 15.7. The summed E-state index contributed by atoms with van der Waals surface area (Å²) in [6.07, 6.45) is 3.70. The lowest BCUT2D eigenvalue weighted by Gasteiger charge is -2.36. The lowest BCUT2D eigenvalue weighted by atomic mass is 9.67. The maximum Gasteiger partial charge on any atom is 0.123 e. The van der Waals surface area contributed by atoms with Crippen molar-refractivity contribution in [3.63, 3.8) is 0 Å². The van der Waals surface area contributed by atoms with E-state index in [2.05, 4.69) is 236 Å². The third kappa shape index (κ3) is 7.26. The number of nitrogens with zero attached hydrogens (tertiary/aromatic N) is 1. The van der Waals surface area contributed by atoms with Crippen molar-refractivity contribution in [2.75, 3.05) is 4.90 Å². The Morgan fingerprint density at radius 3 is 1.16 bits per heavy atom. The number of fused-ring (bicyclic) bond motifs is 6. The Balaban J connectivity index is 1.06. The number of hydrogen-bond acceptors (Lipinski definition) is 1. The van der Waals surface area contributed by atoms with Gasteiger partial charge in [0.1, 0.15) is 11.6 Å². The fourth-order valence-electron chi connectivity index (χ4n) is 12.3. The van der Waals surface area contributed by atoms with Gasteiger partial charge in [0, 0.05) is 17.1 Å². The van der Waals surface area contributed by atoms with Gasteiger partial charge in [-0.1, -0.05) is 219 Å². The highest BCUT2D eigenvalue weighted by molar-refractivity contribution is 5.93. The van der Waals surface area contributed by atoms with E-state index >= 15 is 8.78 Å². The summed E-state index contributed by atoms with van der Waals surface area (Å²) in [5.41, 5.74) is 19.9. The van der Waals surface area contributed by atoms with Gasteiger partial charge in [-0.15, -0.1) is 0 Å². The molecule has 0 N–H and O–H groups in total. The minimum Gasteiger partial charge on any atom is -0.310 e. The second kappa shape index (κ2) is 18.2. The Labute approximate surface area is 437 Å². The van der Waals surface area contributed by atoms with E-state index in [1.165, 1.54) is 12.1 Å². The van der Waals surface area contributed by atoms with Crippen LogP contribution in [0.5, 0.6) is 0 Å². The van der Waals surface area contributed by atoms with E-state index in [1.807, 2.05) is 30.4 Å². The van der Waals surface area contributed by atoms with E-state index in [0.717, 1.165) is 117 Å². The van der Waals surface area contributed by atoms with Crippen molar-refractivity contribution in [1.82, 2.24) is 0 Å². The van der Waals surface area contributed by atoms with Crippen LogP contribution in [0.25, 0.3) is 56.7 Å². The van der Waals surface area contributed by atoms with E-state index in [0.29, 0.717) is 0 Å². The van der Waals surface area contributed by atoms with Crippen molar-refractivity contribution in [3.8, 4) is 44.5 Å². The maximum atomic E-state index is 15.8. The molecule has 0 aliphatic heterocycles. The zero-order valence-electron chi connectivity index (χ0n) is 41.1. The number of rotatable bonds is 11. The zero-order valence-corrected chi connectivity index (χ0v) is 41.1. The molecule has 2 atom stereocenters. The first kappa shape index (κ1) is 45.4. The molecule has 0 fully saturated rings. The van der Waals surface area contributed by atoms with Gasteiger partial charge in [-0.05, 0) is 167 Å². The molecule has 0 spiro atoms. The van der Waals surface area contributed by atoms with Gasteiger partial charge in [-0.2, -0.15) is 0 Å². The smallest absolute Gasteiger partial charge is 0.123 e. The molecule has 0 amide bonds. The van der Waals surface area contributed by atoms with Crippen molar-refractivity contribution in [1.29, 1.82) is 0 Å². The van der Waals surface area contributed by atoms with E-state index in [4.69, 9.17) is 0 Å². The molecule has 1 nitrogen and oxygen atoms in total.